The van der Waals surface area contributed by atoms with Crippen molar-refractivity contribution in [1.29, 1.82) is 0 Å². The van der Waals surface area contributed by atoms with Crippen LogP contribution in [-0.4, -0.2) is 17.1 Å². The molecule has 0 aliphatic carbocycles. The molecule has 0 saturated carbocycles. The van der Waals surface area contributed by atoms with E-state index in [9.17, 15) is 4.79 Å². The Kier molecular flexibility index (Phi) is 2.23. The Bertz CT molecular complexity index is 376. The van der Waals surface area contributed by atoms with Crippen molar-refractivity contribution in [2.24, 2.45) is 5.73 Å². The van der Waals surface area contributed by atoms with Crippen LogP contribution in [0.3, 0.4) is 0 Å². The fourth-order valence-corrected chi connectivity index (χ4v) is 1.57. The first kappa shape index (κ1) is 9.18. The molecule has 0 spiro atoms. The molecule has 1 aromatic rings. The Hall–Kier alpha value is -1.39. The zero-order chi connectivity index (χ0) is 10.1. The molecule has 14 heavy (non-hydrogen) atoms. The summed E-state index contributed by atoms with van der Waals surface area (Å²) < 4.78 is 0. The number of nitrogens with one attached hydrogen (secondary N) is 1. The zero-order valence-electron chi connectivity index (χ0n) is 7.66. The number of carbonyl (C=O) groups is 1. The van der Waals surface area contributed by atoms with Crippen LogP contribution in [0.5, 0.6) is 0 Å². The topological polar surface area (TPSA) is 75.3 Å². The predicted octanol–water partition coefficient (Wildman–Crippen LogP) is 0.000800. The number of anilines is 1. The molecule has 1 aliphatic rings. The number of hydrogen-bond donors (Lipinski definition) is 3. The number of rotatable bonds is 1. The van der Waals surface area contributed by atoms with Crippen LogP contribution < -0.4 is 11.1 Å². The van der Waals surface area contributed by atoms with Gasteiger partial charge in [0.25, 0.3) is 0 Å². The van der Waals surface area contributed by atoms with Crippen LogP contribution in [0.1, 0.15) is 11.1 Å². The van der Waals surface area contributed by atoms with Gasteiger partial charge in [-0.05, 0) is 23.6 Å². The van der Waals surface area contributed by atoms with Gasteiger partial charge in [0, 0.05) is 5.69 Å². The van der Waals surface area contributed by atoms with Crippen LogP contribution in [0.25, 0.3) is 0 Å². The summed E-state index contributed by atoms with van der Waals surface area (Å²) in [5.41, 5.74) is 8.18. The second kappa shape index (κ2) is 3.40. The van der Waals surface area contributed by atoms with Gasteiger partial charge in [-0.2, -0.15) is 0 Å². The average Bonchev–Trinajstić information content (AvgIpc) is 2.19. The molecule has 4 nitrogen and oxygen atoms in total. The molecule has 1 aliphatic heterocycles. The molecule has 0 fully saturated rings. The zero-order valence-corrected chi connectivity index (χ0v) is 7.66. The van der Waals surface area contributed by atoms with Crippen molar-refractivity contribution in [2.45, 2.75) is 19.1 Å². The van der Waals surface area contributed by atoms with Crippen LogP contribution in [0.2, 0.25) is 0 Å². The second-order valence-electron chi connectivity index (χ2n) is 3.45. The summed E-state index contributed by atoms with van der Waals surface area (Å²) in [6, 6.07) is 5.05. The minimum atomic E-state index is -0.456. The standard InChI is InChI=1S/C10H12N2O2/c11-8-4-7-2-1-6(5-13)3-9(7)12-10(8)14/h1-3,8,13H,4-5,11H2,(H,12,14)/t8-/m1/s1. The van der Waals surface area contributed by atoms with Gasteiger partial charge in [0.1, 0.15) is 0 Å². The molecule has 2 rings (SSSR count). The predicted molar refractivity (Wildman–Crippen MR) is 52.7 cm³/mol. The second-order valence-corrected chi connectivity index (χ2v) is 3.45. The summed E-state index contributed by atoms with van der Waals surface area (Å²) in [5.74, 6) is -0.160. The lowest BCUT2D eigenvalue weighted by Crippen LogP contribution is -2.41. The highest BCUT2D eigenvalue weighted by Gasteiger charge is 2.22. The van der Waals surface area contributed by atoms with Crippen molar-refractivity contribution >= 4 is 11.6 Å². The van der Waals surface area contributed by atoms with Gasteiger partial charge in [0.2, 0.25) is 5.91 Å². The number of fused-ring (bicyclic) bond motifs is 1. The van der Waals surface area contributed by atoms with Crippen molar-refractivity contribution in [1.82, 2.24) is 0 Å². The lowest BCUT2D eigenvalue weighted by molar-refractivity contribution is -0.117. The van der Waals surface area contributed by atoms with E-state index in [1.54, 1.807) is 6.07 Å². The third kappa shape index (κ3) is 1.49. The Balaban J connectivity index is 2.37. The largest absolute Gasteiger partial charge is 0.392 e. The molecule has 4 N–H and O–H groups in total. The Morgan fingerprint density at radius 2 is 2.36 bits per heavy atom. The SMILES string of the molecule is N[C@@H]1Cc2ccc(CO)cc2NC1=O. The van der Waals surface area contributed by atoms with Gasteiger partial charge in [-0.15, -0.1) is 0 Å². The van der Waals surface area contributed by atoms with E-state index in [0.29, 0.717) is 6.42 Å². The maximum atomic E-state index is 11.3. The first-order chi connectivity index (χ1) is 6.70. The summed E-state index contributed by atoms with van der Waals surface area (Å²) in [7, 11) is 0. The Morgan fingerprint density at radius 1 is 1.57 bits per heavy atom. The normalized spacial score (nSPS) is 20.1. The summed E-state index contributed by atoms with van der Waals surface area (Å²) in [6.07, 6.45) is 0.562. The smallest absolute Gasteiger partial charge is 0.241 e. The van der Waals surface area contributed by atoms with Crippen LogP contribution in [0, 0.1) is 0 Å². The Labute approximate surface area is 81.7 Å². The van der Waals surface area contributed by atoms with Crippen LogP contribution >= 0.6 is 0 Å². The van der Waals surface area contributed by atoms with Gasteiger partial charge < -0.3 is 16.2 Å². The first-order valence-electron chi connectivity index (χ1n) is 4.50. The summed E-state index contributed by atoms with van der Waals surface area (Å²) >= 11 is 0. The van der Waals surface area contributed by atoms with Gasteiger partial charge >= 0.3 is 0 Å². The minimum Gasteiger partial charge on any atom is -0.392 e. The molecular formula is C10H12N2O2. The van der Waals surface area contributed by atoms with E-state index in [2.05, 4.69) is 5.32 Å². The molecule has 4 heteroatoms. The number of benzene rings is 1. The highest BCUT2D eigenvalue weighted by molar-refractivity contribution is 5.97. The van der Waals surface area contributed by atoms with E-state index < -0.39 is 6.04 Å². The molecule has 0 saturated heterocycles. The maximum Gasteiger partial charge on any atom is 0.241 e. The van der Waals surface area contributed by atoms with Crippen molar-refractivity contribution in [2.75, 3.05) is 5.32 Å². The minimum absolute atomic E-state index is 0.0186. The molecule has 0 bridgehead atoms. The third-order valence-corrected chi connectivity index (χ3v) is 2.39. The highest BCUT2D eigenvalue weighted by Crippen LogP contribution is 2.23. The molecule has 0 unspecified atom stereocenters. The molecule has 0 radical (unpaired) electrons. The number of nitrogens with two attached hydrogens (primary N) is 1. The van der Waals surface area contributed by atoms with E-state index in [1.165, 1.54) is 0 Å². The molecular weight excluding hydrogens is 180 g/mol. The molecule has 1 amide bonds. The van der Waals surface area contributed by atoms with Crippen molar-refractivity contribution in [3.05, 3.63) is 29.3 Å². The fraction of sp³-hybridized carbons (Fsp3) is 0.300. The van der Waals surface area contributed by atoms with Gasteiger partial charge in [0.15, 0.2) is 0 Å². The van der Waals surface area contributed by atoms with Gasteiger partial charge in [-0.1, -0.05) is 12.1 Å². The van der Waals surface area contributed by atoms with E-state index in [1.807, 2.05) is 12.1 Å². The average molecular weight is 192 g/mol. The fourth-order valence-electron chi connectivity index (χ4n) is 1.57. The molecule has 1 heterocycles. The lowest BCUT2D eigenvalue weighted by atomic mass is 9.98. The number of hydrogen-bond acceptors (Lipinski definition) is 3. The van der Waals surface area contributed by atoms with E-state index >= 15 is 0 Å². The first-order valence-corrected chi connectivity index (χ1v) is 4.50. The quantitative estimate of drug-likeness (QED) is 0.586. The van der Waals surface area contributed by atoms with E-state index in [0.717, 1.165) is 16.8 Å². The number of carbonyl (C=O) groups excluding carboxylic acids is 1. The molecule has 0 aromatic heterocycles. The molecule has 74 valence electrons. The van der Waals surface area contributed by atoms with Crippen LogP contribution in [-0.2, 0) is 17.8 Å². The lowest BCUT2D eigenvalue weighted by Gasteiger charge is -2.22. The molecule has 1 aromatic carbocycles. The van der Waals surface area contributed by atoms with Crippen molar-refractivity contribution in [3.63, 3.8) is 0 Å². The summed E-state index contributed by atoms with van der Waals surface area (Å²) in [4.78, 5) is 11.3. The summed E-state index contributed by atoms with van der Waals surface area (Å²) in [5, 5.41) is 11.6. The number of aliphatic hydroxyl groups is 1. The third-order valence-electron chi connectivity index (χ3n) is 2.39. The van der Waals surface area contributed by atoms with Crippen LogP contribution in [0.15, 0.2) is 18.2 Å². The number of amides is 1. The van der Waals surface area contributed by atoms with Gasteiger partial charge in [-0.3, -0.25) is 4.79 Å². The highest BCUT2D eigenvalue weighted by atomic mass is 16.3. The Morgan fingerprint density at radius 3 is 3.07 bits per heavy atom. The maximum absolute atomic E-state index is 11.3. The summed E-state index contributed by atoms with van der Waals surface area (Å²) in [6.45, 7) is -0.0186. The monoisotopic (exact) mass is 192 g/mol. The van der Waals surface area contributed by atoms with Crippen molar-refractivity contribution < 1.29 is 9.90 Å². The van der Waals surface area contributed by atoms with Crippen LogP contribution in [0.4, 0.5) is 5.69 Å². The van der Waals surface area contributed by atoms with Gasteiger partial charge in [-0.25, -0.2) is 0 Å². The van der Waals surface area contributed by atoms with E-state index in [4.69, 9.17) is 10.8 Å². The molecule has 1 atom stereocenters. The van der Waals surface area contributed by atoms with E-state index in [-0.39, 0.29) is 12.5 Å². The number of aliphatic hydroxyl groups excluding tert-OH is 1. The van der Waals surface area contributed by atoms with Gasteiger partial charge in [0.05, 0.1) is 12.6 Å². The van der Waals surface area contributed by atoms with Crippen molar-refractivity contribution in [3.8, 4) is 0 Å².